The summed E-state index contributed by atoms with van der Waals surface area (Å²) < 4.78 is 11.2. The van der Waals surface area contributed by atoms with Crippen molar-refractivity contribution in [1.29, 1.82) is 0 Å². The molecule has 8 heteroatoms. The molecular weight excluding hydrogens is 458 g/mol. The quantitative estimate of drug-likeness (QED) is 0.475. The van der Waals surface area contributed by atoms with Crippen LogP contribution >= 0.6 is 46.4 Å². The Hall–Kier alpha value is -0.880. The zero-order valence-electron chi connectivity index (χ0n) is 16.6. The van der Waals surface area contributed by atoms with Gasteiger partial charge < -0.3 is 19.7 Å². The second-order valence-electron chi connectivity index (χ2n) is 7.39. The number of hydrogen-bond donors (Lipinski definition) is 2. The molecule has 0 saturated heterocycles. The number of halogens is 4. The molecular formula is C21H24Cl4O4. The minimum Gasteiger partial charge on any atom is -0.485 e. The van der Waals surface area contributed by atoms with Crippen molar-refractivity contribution in [2.45, 2.75) is 45.3 Å². The normalized spacial score (nSPS) is 13.9. The molecule has 160 valence electrons. The van der Waals surface area contributed by atoms with Crippen LogP contribution in [0, 0.1) is 0 Å². The number of rotatable bonds is 8. The highest BCUT2D eigenvalue weighted by molar-refractivity contribution is 6.38. The highest BCUT2D eigenvalue weighted by Gasteiger charge is 2.28. The van der Waals surface area contributed by atoms with Gasteiger partial charge in [-0.3, -0.25) is 0 Å². The Bertz CT molecular complexity index is 754. The Balaban J connectivity index is 2.45. The molecule has 0 amide bonds. The van der Waals surface area contributed by atoms with Gasteiger partial charge in [-0.1, -0.05) is 60.3 Å². The monoisotopic (exact) mass is 480 g/mol. The van der Waals surface area contributed by atoms with Crippen molar-refractivity contribution in [2.24, 2.45) is 0 Å². The first-order valence-electron chi connectivity index (χ1n) is 9.05. The van der Waals surface area contributed by atoms with Crippen LogP contribution in [0.3, 0.4) is 0 Å². The third kappa shape index (κ3) is 5.63. The molecule has 0 aliphatic heterocycles. The summed E-state index contributed by atoms with van der Waals surface area (Å²) in [5, 5.41) is 19.8. The van der Waals surface area contributed by atoms with E-state index in [1.54, 1.807) is 38.1 Å². The number of aliphatic hydroxyl groups excluding tert-OH is 2. The van der Waals surface area contributed by atoms with Gasteiger partial charge in [-0.2, -0.15) is 0 Å². The van der Waals surface area contributed by atoms with E-state index < -0.39 is 17.6 Å². The van der Waals surface area contributed by atoms with Gasteiger partial charge in [-0.25, -0.2) is 0 Å². The second kappa shape index (κ2) is 9.95. The second-order valence-corrected chi connectivity index (χ2v) is 9.01. The molecule has 0 heterocycles. The largest absolute Gasteiger partial charge is 0.485 e. The third-order valence-electron chi connectivity index (χ3n) is 4.59. The van der Waals surface area contributed by atoms with Crippen molar-refractivity contribution in [1.82, 2.24) is 0 Å². The molecule has 0 saturated carbocycles. The molecule has 2 rings (SSSR count). The fourth-order valence-corrected chi connectivity index (χ4v) is 3.86. The van der Waals surface area contributed by atoms with E-state index in [2.05, 4.69) is 0 Å². The van der Waals surface area contributed by atoms with Crippen molar-refractivity contribution in [2.75, 3.05) is 13.2 Å². The lowest BCUT2D eigenvalue weighted by atomic mass is 9.78. The van der Waals surface area contributed by atoms with Crippen LogP contribution in [0.2, 0.25) is 20.1 Å². The lowest BCUT2D eigenvalue weighted by Crippen LogP contribution is -2.21. The average Bonchev–Trinajstić information content (AvgIpc) is 2.66. The van der Waals surface area contributed by atoms with Crippen molar-refractivity contribution >= 4 is 46.4 Å². The molecule has 0 radical (unpaired) electrons. The smallest absolute Gasteiger partial charge is 0.157 e. The minimum absolute atomic E-state index is 0.153. The Morgan fingerprint density at radius 2 is 1.00 bits per heavy atom. The molecule has 0 aliphatic carbocycles. The van der Waals surface area contributed by atoms with Crippen LogP contribution in [0.1, 0.15) is 38.8 Å². The predicted molar refractivity (Wildman–Crippen MR) is 119 cm³/mol. The van der Waals surface area contributed by atoms with Gasteiger partial charge in [0.2, 0.25) is 0 Å². The molecule has 0 aliphatic rings. The fourth-order valence-electron chi connectivity index (χ4n) is 2.71. The van der Waals surface area contributed by atoms with Crippen LogP contribution < -0.4 is 9.47 Å². The molecule has 2 unspecified atom stereocenters. The summed E-state index contributed by atoms with van der Waals surface area (Å²) in [6, 6.07) is 7.08. The Labute approximate surface area is 191 Å². The van der Waals surface area contributed by atoms with Gasteiger partial charge in [0.1, 0.15) is 12.2 Å². The zero-order chi connectivity index (χ0) is 21.9. The Morgan fingerprint density at radius 3 is 1.24 bits per heavy atom. The van der Waals surface area contributed by atoms with E-state index in [4.69, 9.17) is 55.9 Å². The summed E-state index contributed by atoms with van der Waals surface area (Å²) in [5.41, 5.74) is 1.13. The lowest BCUT2D eigenvalue weighted by Gasteiger charge is -2.28. The predicted octanol–water partition coefficient (Wildman–Crippen LogP) is 6.15. The summed E-state index contributed by atoms with van der Waals surface area (Å²) in [7, 11) is 0. The van der Waals surface area contributed by atoms with E-state index in [0.717, 1.165) is 11.1 Å². The van der Waals surface area contributed by atoms with Gasteiger partial charge in [-0.05, 0) is 49.2 Å². The maximum atomic E-state index is 9.19. The third-order valence-corrected chi connectivity index (χ3v) is 5.72. The molecule has 29 heavy (non-hydrogen) atoms. The molecule has 0 aromatic heterocycles. The van der Waals surface area contributed by atoms with Gasteiger partial charge in [0.25, 0.3) is 0 Å². The maximum Gasteiger partial charge on any atom is 0.157 e. The topological polar surface area (TPSA) is 58.9 Å². The van der Waals surface area contributed by atoms with Gasteiger partial charge >= 0.3 is 0 Å². The average molecular weight is 482 g/mol. The SMILES string of the molecule is CC(CO)Oc1c(Cl)cc(C(C)(C)c2cc(Cl)c(OC(C)CO)c(Cl)c2)cc1Cl. The molecule has 2 N–H and O–H groups in total. The van der Waals surface area contributed by atoms with Gasteiger partial charge in [0, 0.05) is 5.41 Å². The first kappa shape index (κ1) is 24.4. The summed E-state index contributed by atoms with van der Waals surface area (Å²) >= 11 is 25.6. The Kier molecular flexibility index (Phi) is 8.37. The summed E-state index contributed by atoms with van der Waals surface area (Å²) in [4.78, 5) is 0. The standard InChI is InChI=1S/C21H24Cl4O4/c1-11(9-26)28-19-15(22)5-13(6-16(19)23)21(3,4)14-7-17(24)20(18(25)8-14)29-12(2)10-27/h5-8,11-12,26-27H,9-10H2,1-4H3. The van der Waals surface area contributed by atoms with Crippen LogP contribution in [0.25, 0.3) is 0 Å². The number of hydrogen-bond acceptors (Lipinski definition) is 4. The fraction of sp³-hybridized carbons (Fsp3) is 0.429. The van der Waals surface area contributed by atoms with E-state index in [1.807, 2.05) is 13.8 Å². The van der Waals surface area contributed by atoms with Gasteiger partial charge in [-0.15, -0.1) is 0 Å². The number of benzene rings is 2. The summed E-state index contributed by atoms with van der Waals surface area (Å²) in [6.07, 6.45) is -0.870. The van der Waals surface area contributed by atoms with E-state index >= 15 is 0 Å². The van der Waals surface area contributed by atoms with Crippen molar-refractivity contribution in [3.05, 3.63) is 55.5 Å². The molecule has 2 aromatic carbocycles. The van der Waals surface area contributed by atoms with Crippen LogP contribution in [0.5, 0.6) is 11.5 Å². The first-order chi connectivity index (χ1) is 13.5. The maximum absolute atomic E-state index is 9.19. The number of aliphatic hydroxyl groups is 2. The Morgan fingerprint density at radius 1 is 0.724 bits per heavy atom. The minimum atomic E-state index is -0.539. The first-order valence-corrected chi connectivity index (χ1v) is 10.6. The van der Waals surface area contributed by atoms with Gasteiger partial charge in [0.15, 0.2) is 11.5 Å². The molecule has 2 atom stereocenters. The summed E-state index contributed by atoms with van der Waals surface area (Å²) in [6.45, 7) is 7.11. The van der Waals surface area contributed by atoms with Gasteiger partial charge in [0.05, 0.1) is 33.3 Å². The van der Waals surface area contributed by atoms with Crippen molar-refractivity contribution < 1.29 is 19.7 Å². The zero-order valence-corrected chi connectivity index (χ0v) is 19.6. The van der Waals surface area contributed by atoms with Crippen LogP contribution in [0.15, 0.2) is 24.3 Å². The molecule has 0 bridgehead atoms. The molecule has 4 nitrogen and oxygen atoms in total. The van der Waals surface area contributed by atoms with E-state index in [1.165, 1.54) is 0 Å². The number of ether oxygens (including phenoxy) is 2. The van der Waals surface area contributed by atoms with Crippen LogP contribution in [0.4, 0.5) is 0 Å². The van der Waals surface area contributed by atoms with E-state index in [0.29, 0.717) is 31.6 Å². The summed E-state index contributed by atoms with van der Waals surface area (Å²) in [5.74, 6) is 0.652. The molecule has 0 fully saturated rings. The van der Waals surface area contributed by atoms with Crippen molar-refractivity contribution in [3.8, 4) is 11.5 Å². The highest BCUT2D eigenvalue weighted by Crippen LogP contribution is 2.44. The van der Waals surface area contributed by atoms with Crippen molar-refractivity contribution in [3.63, 3.8) is 0 Å². The highest BCUT2D eigenvalue weighted by atomic mass is 35.5. The van der Waals surface area contributed by atoms with E-state index in [-0.39, 0.29) is 13.2 Å². The molecule has 0 spiro atoms. The lowest BCUT2D eigenvalue weighted by molar-refractivity contribution is 0.130. The van der Waals surface area contributed by atoms with Crippen LogP contribution in [-0.2, 0) is 5.41 Å². The van der Waals surface area contributed by atoms with Crippen LogP contribution in [-0.4, -0.2) is 35.6 Å². The van der Waals surface area contributed by atoms with E-state index in [9.17, 15) is 10.2 Å². The molecule has 2 aromatic rings.